The maximum atomic E-state index is 11.8. The molecule has 7 N–H and O–H groups in total. The molecule has 0 bridgehead atoms. The third-order valence-corrected chi connectivity index (χ3v) is 2.87. The van der Waals surface area contributed by atoms with Crippen LogP contribution in [0.2, 0.25) is 0 Å². The second-order valence-corrected chi connectivity index (χ2v) is 5.41. The molecule has 7 heteroatoms. The van der Waals surface area contributed by atoms with Crippen LogP contribution >= 0.6 is 0 Å². The van der Waals surface area contributed by atoms with Gasteiger partial charge in [0.1, 0.15) is 6.04 Å². The fraction of sp³-hybridized carbons (Fsp3) is 0.769. The summed E-state index contributed by atoms with van der Waals surface area (Å²) in [5.41, 5.74) is 10.9. The van der Waals surface area contributed by atoms with Gasteiger partial charge in [-0.25, -0.2) is 4.79 Å². The minimum absolute atomic E-state index is 0.0832. The van der Waals surface area contributed by atoms with Crippen molar-refractivity contribution in [3.63, 3.8) is 0 Å². The number of aliphatic carboxylic acids is 1. The molecule has 0 aliphatic carbocycles. The number of carboxylic acids is 1. The third-order valence-electron chi connectivity index (χ3n) is 2.87. The zero-order chi connectivity index (χ0) is 15.7. The van der Waals surface area contributed by atoms with E-state index in [1.54, 1.807) is 0 Å². The lowest BCUT2D eigenvalue weighted by Crippen LogP contribution is -2.48. The molecule has 0 saturated heterocycles. The van der Waals surface area contributed by atoms with Crippen LogP contribution in [0.5, 0.6) is 0 Å². The van der Waals surface area contributed by atoms with Crippen LogP contribution in [0.25, 0.3) is 0 Å². The molecular formula is C13H26N4O3. The van der Waals surface area contributed by atoms with Crippen LogP contribution < -0.4 is 16.8 Å². The maximum absolute atomic E-state index is 11.8. The Morgan fingerprint density at radius 1 is 1.30 bits per heavy atom. The quantitative estimate of drug-likeness (QED) is 0.225. The van der Waals surface area contributed by atoms with E-state index in [0.29, 0.717) is 32.1 Å². The van der Waals surface area contributed by atoms with Gasteiger partial charge in [0.05, 0.1) is 11.9 Å². The van der Waals surface area contributed by atoms with Crippen LogP contribution in [0.3, 0.4) is 0 Å². The summed E-state index contributed by atoms with van der Waals surface area (Å²) in [4.78, 5) is 22.9. The Labute approximate surface area is 119 Å². The lowest BCUT2D eigenvalue weighted by Gasteiger charge is -2.18. The Bertz CT molecular complexity index is 345. The smallest absolute Gasteiger partial charge is 0.326 e. The molecule has 0 rings (SSSR count). The fourth-order valence-corrected chi connectivity index (χ4v) is 1.81. The van der Waals surface area contributed by atoms with Crippen molar-refractivity contribution in [2.75, 3.05) is 0 Å². The molecule has 0 spiro atoms. The first-order valence-electron chi connectivity index (χ1n) is 6.85. The lowest BCUT2D eigenvalue weighted by molar-refractivity contribution is -0.142. The van der Waals surface area contributed by atoms with Gasteiger partial charge < -0.3 is 21.9 Å². The zero-order valence-corrected chi connectivity index (χ0v) is 12.2. The molecule has 0 radical (unpaired) electrons. The molecule has 0 aliphatic heterocycles. The van der Waals surface area contributed by atoms with E-state index >= 15 is 0 Å². The summed E-state index contributed by atoms with van der Waals surface area (Å²) in [6, 6.07) is -1.62. The Hall–Kier alpha value is -1.63. The summed E-state index contributed by atoms with van der Waals surface area (Å²) in [6.45, 7) is 3.90. The van der Waals surface area contributed by atoms with Crippen molar-refractivity contribution in [3.8, 4) is 0 Å². The number of nitrogens with two attached hydrogens (primary N) is 2. The molecular weight excluding hydrogens is 260 g/mol. The molecule has 2 unspecified atom stereocenters. The highest BCUT2D eigenvalue weighted by molar-refractivity contribution is 5.86. The van der Waals surface area contributed by atoms with E-state index in [1.165, 1.54) is 0 Å². The zero-order valence-electron chi connectivity index (χ0n) is 12.2. The van der Waals surface area contributed by atoms with Crippen LogP contribution in [0, 0.1) is 11.3 Å². The number of hydrogen-bond donors (Lipinski definition) is 5. The van der Waals surface area contributed by atoms with Crippen molar-refractivity contribution in [2.45, 2.75) is 58.0 Å². The van der Waals surface area contributed by atoms with Gasteiger partial charge >= 0.3 is 5.97 Å². The fourth-order valence-electron chi connectivity index (χ4n) is 1.81. The predicted octanol–water partition coefficient (Wildman–Crippen LogP) is 0.426. The molecule has 0 aromatic rings. The minimum Gasteiger partial charge on any atom is -0.480 e. The highest BCUT2D eigenvalue weighted by Crippen LogP contribution is 2.06. The Kier molecular flexibility index (Phi) is 8.54. The van der Waals surface area contributed by atoms with Crippen molar-refractivity contribution in [3.05, 3.63) is 0 Å². The Morgan fingerprint density at radius 2 is 1.90 bits per heavy atom. The van der Waals surface area contributed by atoms with Crippen molar-refractivity contribution in [1.82, 2.24) is 5.32 Å². The summed E-state index contributed by atoms with van der Waals surface area (Å²) in [5, 5.41) is 18.6. The van der Waals surface area contributed by atoms with E-state index in [2.05, 4.69) is 5.32 Å². The molecule has 7 nitrogen and oxygen atoms in total. The largest absolute Gasteiger partial charge is 0.480 e. The lowest BCUT2D eigenvalue weighted by atomic mass is 10.0. The number of unbranched alkanes of at least 4 members (excludes halogenated alkanes) is 1. The summed E-state index contributed by atoms with van der Waals surface area (Å²) >= 11 is 0. The number of carboxylic acid groups (broad SMARTS) is 1. The van der Waals surface area contributed by atoms with Crippen LogP contribution in [0.15, 0.2) is 0 Å². The van der Waals surface area contributed by atoms with Gasteiger partial charge in [0.25, 0.3) is 0 Å². The Balaban J connectivity index is 4.22. The average molecular weight is 286 g/mol. The van der Waals surface area contributed by atoms with Crippen molar-refractivity contribution in [1.29, 1.82) is 5.41 Å². The highest BCUT2D eigenvalue weighted by atomic mass is 16.4. The van der Waals surface area contributed by atoms with Gasteiger partial charge in [-0.15, -0.1) is 0 Å². The summed E-state index contributed by atoms with van der Waals surface area (Å²) in [7, 11) is 0. The molecule has 0 aromatic heterocycles. The second kappa shape index (κ2) is 9.30. The summed E-state index contributed by atoms with van der Waals surface area (Å²) in [5.74, 6) is -1.15. The molecule has 0 fully saturated rings. The van der Waals surface area contributed by atoms with Crippen LogP contribution in [-0.2, 0) is 9.59 Å². The first-order valence-corrected chi connectivity index (χ1v) is 6.85. The number of amidine groups is 1. The van der Waals surface area contributed by atoms with E-state index in [9.17, 15) is 9.59 Å². The number of hydrogen-bond acceptors (Lipinski definition) is 4. The predicted molar refractivity (Wildman–Crippen MR) is 77.4 cm³/mol. The molecule has 0 saturated carbocycles. The summed E-state index contributed by atoms with van der Waals surface area (Å²) < 4.78 is 0. The monoisotopic (exact) mass is 286 g/mol. The first kappa shape index (κ1) is 18.4. The van der Waals surface area contributed by atoms with Crippen LogP contribution in [0.4, 0.5) is 0 Å². The topological polar surface area (TPSA) is 142 Å². The first-order chi connectivity index (χ1) is 9.23. The normalized spacial score (nSPS) is 13.8. The highest BCUT2D eigenvalue weighted by Gasteiger charge is 2.23. The van der Waals surface area contributed by atoms with Gasteiger partial charge in [-0.2, -0.15) is 0 Å². The molecule has 1 amide bonds. The van der Waals surface area contributed by atoms with Gasteiger partial charge in [-0.1, -0.05) is 20.3 Å². The molecule has 0 aromatic carbocycles. The molecule has 2 atom stereocenters. The maximum Gasteiger partial charge on any atom is 0.326 e. The van der Waals surface area contributed by atoms with Crippen molar-refractivity contribution < 1.29 is 14.7 Å². The molecule has 0 aliphatic rings. The van der Waals surface area contributed by atoms with Crippen LogP contribution in [0.1, 0.15) is 46.0 Å². The second-order valence-electron chi connectivity index (χ2n) is 5.41. The average Bonchev–Trinajstić information content (AvgIpc) is 2.31. The molecule has 0 heterocycles. The van der Waals surface area contributed by atoms with Gasteiger partial charge in [0.2, 0.25) is 5.91 Å². The molecule has 20 heavy (non-hydrogen) atoms. The van der Waals surface area contributed by atoms with Gasteiger partial charge in [-0.3, -0.25) is 10.2 Å². The standard InChI is InChI=1S/C13H26N4O3/c1-8(2)7-9(14)12(18)17-10(13(19)20)5-3-4-6-11(15)16/h8-10H,3-7,14H2,1-2H3,(H3,15,16)(H,17,18)(H,19,20). The van der Waals surface area contributed by atoms with Crippen LogP contribution in [-0.4, -0.2) is 34.9 Å². The van der Waals surface area contributed by atoms with E-state index < -0.39 is 24.0 Å². The molecule has 116 valence electrons. The number of amides is 1. The van der Waals surface area contributed by atoms with Gasteiger partial charge in [-0.05, 0) is 25.2 Å². The van der Waals surface area contributed by atoms with Gasteiger partial charge in [0.15, 0.2) is 0 Å². The van der Waals surface area contributed by atoms with E-state index in [-0.39, 0.29) is 11.8 Å². The Morgan fingerprint density at radius 3 is 2.35 bits per heavy atom. The minimum atomic E-state index is -1.07. The van der Waals surface area contributed by atoms with Crippen molar-refractivity contribution in [2.24, 2.45) is 17.4 Å². The van der Waals surface area contributed by atoms with E-state index in [0.717, 1.165) is 0 Å². The SMILES string of the molecule is CC(C)CC(N)C(=O)NC(CCCCC(=N)N)C(=O)O. The van der Waals surface area contributed by atoms with E-state index in [4.69, 9.17) is 22.0 Å². The number of carbonyl (C=O) groups excluding carboxylic acids is 1. The number of rotatable bonds is 10. The number of carbonyl (C=O) groups is 2. The number of nitrogens with one attached hydrogen (secondary N) is 2. The van der Waals surface area contributed by atoms with Crippen molar-refractivity contribution >= 4 is 17.7 Å². The van der Waals surface area contributed by atoms with Gasteiger partial charge in [0, 0.05) is 6.42 Å². The third kappa shape index (κ3) is 8.47. The van der Waals surface area contributed by atoms with E-state index in [1.807, 2.05) is 13.8 Å². The summed E-state index contributed by atoms with van der Waals surface area (Å²) in [6.07, 6.45) is 2.47.